The van der Waals surface area contributed by atoms with Gasteiger partial charge in [-0.1, -0.05) is 38.5 Å². The van der Waals surface area contributed by atoms with Gasteiger partial charge >= 0.3 is 0 Å². The topological polar surface area (TPSA) is 26.3 Å². The van der Waals surface area contributed by atoms with E-state index in [4.69, 9.17) is 4.43 Å². The van der Waals surface area contributed by atoms with Crippen molar-refractivity contribution in [2.24, 2.45) is 11.3 Å². The molecule has 0 radical (unpaired) electrons. The summed E-state index contributed by atoms with van der Waals surface area (Å²) in [5.74, 6) is 0.418. The molecule has 0 aromatic rings. The monoisotopic (exact) mass is 306 g/mol. The van der Waals surface area contributed by atoms with E-state index < -0.39 is 8.32 Å². The Morgan fingerprint density at radius 3 is 2.76 bits per heavy atom. The first kappa shape index (κ1) is 16.7. The highest BCUT2D eigenvalue weighted by atomic mass is 28.4. The molecule has 0 aromatic carbocycles. The molecule has 0 spiro atoms. The highest BCUT2D eigenvalue weighted by Gasteiger charge is 2.46. The number of hydrogen-bond donors (Lipinski definition) is 0. The van der Waals surface area contributed by atoms with Gasteiger partial charge in [0, 0.05) is 17.9 Å². The molecule has 0 aromatic heterocycles. The Balaban J connectivity index is 2.15. The van der Waals surface area contributed by atoms with E-state index in [2.05, 4.69) is 46.0 Å². The number of hydrogen-bond acceptors (Lipinski definition) is 2. The van der Waals surface area contributed by atoms with Gasteiger partial charge in [-0.3, -0.25) is 4.79 Å². The second-order valence-electron chi connectivity index (χ2n) is 8.25. The third kappa shape index (κ3) is 3.24. The molecule has 1 saturated carbocycles. The standard InChI is InChI=1S/C18H30O2Si/c1-17(2,3)21(4,5)20-14-18-11-6-8-15(10-13-19)16(18)9-7-12-18/h7,9-10,13,16H,6,8,11-12,14H2,1-5H3/b15-10+/t16-,18-/m0/s1. The van der Waals surface area contributed by atoms with Gasteiger partial charge in [-0.15, -0.1) is 0 Å². The van der Waals surface area contributed by atoms with Crippen LogP contribution < -0.4 is 0 Å². The second kappa shape index (κ2) is 5.84. The molecular formula is C18H30O2Si. The number of carbonyl (C=O) groups is 1. The summed E-state index contributed by atoms with van der Waals surface area (Å²) in [5.41, 5.74) is 1.52. The van der Waals surface area contributed by atoms with Crippen LogP contribution in [0, 0.1) is 11.3 Å². The van der Waals surface area contributed by atoms with Crippen LogP contribution in [0.15, 0.2) is 23.8 Å². The summed E-state index contributed by atoms with van der Waals surface area (Å²) in [6.07, 6.45) is 11.9. The zero-order valence-corrected chi connectivity index (χ0v) is 15.2. The average Bonchev–Trinajstić information content (AvgIpc) is 2.81. The highest BCUT2D eigenvalue weighted by molar-refractivity contribution is 6.74. The molecule has 2 atom stereocenters. The Bertz CT molecular complexity index is 456. The van der Waals surface area contributed by atoms with E-state index >= 15 is 0 Å². The maximum atomic E-state index is 10.9. The maximum Gasteiger partial charge on any atom is 0.192 e. The van der Waals surface area contributed by atoms with Crippen LogP contribution in [0.4, 0.5) is 0 Å². The fraction of sp³-hybridized carbons (Fsp3) is 0.722. The summed E-state index contributed by atoms with van der Waals surface area (Å²) in [7, 11) is -1.71. The van der Waals surface area contributed by atoms with E-state index in [0.717, 1.165) is 25.7 Å². The summed E-state index contributed by atoms with van der Waals surface area (Å²) >= 11 is 0. The van der Waals surface area contributed by atoms with Crippen molar-refractivity contribution in [3.8, 4) is 0 Å². The third-order valence-corrected chi connectivity index (χ3v) is 10.3. The summed E-state index contributed by atoms with van der Waals surface area (Å²) in [6.45, 7) is 12.4. The largest absolute Gasteiger partial charge is 0.416 e. The van der Waals surface area contributed by atoms with Crippen LogP contribution >= 0.6 is 0 Å². The van der Waals surface area contributed by atoms with Gasteiger partial charge in [0.25, 0.3) is 0 Å². The van der Waals surface area contributed by atoms with Gasteiger partial charge in [-0.25, -0.2) is 0 Å². The van der Waals surface area contributed by atoms with E-state index in [0.29, 0.717) is 5.92 Å². The Kier molecular flexibility index (Phi) is 4.65. The Hall–Kier alpha value is -0.673. The van der Waals surface area contributed by atoms with Crippen LogP contribution in [-0.2, 0) is 9.22 Å². The maximum absolute atomic E-state index is 10.9. The molecule has 0 amide bonds. The molecule has 3 heteroatoms. The fourth-order valence-electron chi connectivity index (χ4n) is 3.38. The zero-order chi connectivity index (χ0) is 15.7. The number of fused-ring (bicyclic) bond motifs is 1. The van der Waals surface area contributed by atoms with Gasteiger partial charge in [-0.05, 0) is 49.9 Å². The van der Waals surface area contributed by atoms with Gasteiger partial charge in [-0.2, -0.15) is 0 Å². The highest BCUT2D eigenvalue weighted by Crippen LogP contribution is 2.52. The summed E-state index contributed by atoms with van der Waals surface area (Å²) < 4.78 is 6.55. The minimum atomic E-state index is -1.71. The predicted octanol–water partition coefficient (Wildman–Crippen LogP) is 4.88. The Morgan fingerprint density at radius 2 is 2.14 bits per heavy atom. The predicted molar refractivity (Wildman–Crippen MR) is 90.8 cm³/mol. The molecule has 1 fully saturated rings. The Morgan fingerprint density at radius 1 is 1.43 bits per heavy atom. The molecule has 2 nitrogen and oxygen atoms in total. The first-order valence-electron chi connectivity index (χ1n) is 8.17. The molecule has 0 saturated heterocycles. The lowest BCUT2D eigenvalue weighted by molar-refractivity contribution is -0.104. The summed E-state index contributed by atoms with van der Waals surface area (Å²) in [6, 6.07) is 0. The van der Waals surface area contributed by atoms with Crippen molar-refractivity contribution in [2.75, 3.05) is 6.61 Å². The first-order chi connectivity index (χ1) is 9.72. The van der Waals surface area contributed by atoms with Crippen molar-refractivity contribution in [2.45, 2.75) is 64.6 Å². The van der Waals surface area contributed by atoms with Crippen molar-refractivity contribution in [3.05, 3.63) is 23.8 Å². The van der Waals surface area contributed by atoms with E-state index in [-0.39, 0.29) is 10.5 Å². The Labute approximate surface area is 130 Å². The lowest BCUT2D eigenvalue weighted by Gasteiger charge is -2.45. The van der Waals surface area contributed by atoms with E-state index in [1.807, 2.05) is 0 Å². The van der Waals surface area contributed by atoms with Crippen LogP contribution in [0.2, 0.25) is 18.1 Å². The van der Waals surface area contributed by atoms with Gasteiger partial charge in [0.2, 0.25) is 0 Å². The van der Waals surface area contributed by atoms with Crippen molar-refractivity contribution in [3.63, 3.8) is 0 Å². The zero-order valence-electron chi connectivity index (χ0n) is 14.2. The molecule has 118 valence electrons. The molecule has 2 rings (SSSR count). The van der Waals surface area contributed by atoms with Crippen LogP contribution in [0.3, 0.4) is 0 Å². The first-order valence-corrected chi connectivity index (χ1v) is 11.1. The molecule has 2 aliphatic carbocycles. The molecule has 0 N–H and O–H groups in total. The summed E-state index contributed by atoms with van der Waals surface area (Å²) in [4.78, 5) is 10.9. The number of carbonyl (C=O) groups excluding carboxylic acids is 1. The number of aldehydes is 1. The normalized spacial score (nSPS) is 31.5. The average molecular weight is 307 g/mol. The van der Waals surface area contributed by atoms with E-state index in [1.54, 1.807) is 6.08 Å². The van der Waals surface area contributed by atoms with Crippen LogP contribution in [-0.4, -0.2) is 21.2 Å². The third-order valence-electron chi connectivity index (χ3n) is 5.86. The number of rotatable bonds is 4. The lowest BCUT2D eigenvalue weighted by Crippen LogP contribution is -2.46. The lowest BCUT2D eigenvalue weighted by atomic mass is 9.66. The molecular weight excluding hydrogens is 276 g/mol. The van der Waals surface area contributed by atoms with E-state index in [1.165, 1.54) is 18.4 Å². The second-order valence-corrected chi connectivity index (χ2v) is 13.1. The molecule has 0 aliphatic heterocycles. The van der Waals surface area contributed by atoms with Crippen molar-refractivity contribution < 1.29 is 9.22 Å². The molecule has 0 bridgehead atoms. The fourth-order valence-corrected chi connectivity index (χ4v) is 4.46. The minimum Gasteiger partial charge on any atom is -0.416 e. The van der Waals surface area contributed by atoms with Crippen molar-refractivity contribution in [1.29, 1.82) is 0 Å². The summed E-state index contributed by atoms with van der Waals surface area (Å²) in [5, 5.41) is 0.251. The molecule has 0 heterocycles. The molecule has 2 aliphatic rings. The van der Waals surface area contributed by atoms with Crippen LogP contribution in [0.1, 0.15) is 46.5 Å². The quantitative estimate of drug-likeness (QED) is 0.320. The number of allylic oxidation sites excluding steroid dienone is 4. The van der Waals surface area contributed by atoms with Crippen molar-refractivity contribution >= 4 is 14.6 Å². The van der Waals surface area contributed by atoms with Gasteiger partial charge < -0.3 is 4.43 Å². The van der Waals surface area contributed by atoms with Crippen molar-refractivity contribution in [1.82, 2.24) is 0 Å². The van der Waals surface area contributed by atoms with Gasteiger partial charge in [0.1, 0.15) is 6.29 Å². The SMILES string of the molecule is CC(C)(C)[Si](C)(C)OC[C@]12CC=C[C@H]1/C(=C/C=O)CCC2. The van der Waals surface area contributed by atoms with Crippen LogP contribution in [0.25, 0.3) is 0 Å². The molecule has 0 unspecified atom stereocenters. The molecule has 21 heavy (non-hydrogen) atoms. The van der Waals surface area contributed by atoms with Gasteiger partial charge in [0.05, 0.1) is 0 Å². The smallest absolute Gasteiger partial charge is 0.192 e. The minimum absolute atomic E-state index is 0.211. The van der Waals surface area contributed by atoms with Gasteiger partial charge in [0.15, 0.2) is 8.32 Å². The van der Waals surface area contributed by atoms with Crippen LogP contribution in [0.5, 0.6) is 0 Å². The van der Waals surface area contributed by atoms with E-state index in [9.17, 15) is 4.79 Å².